The Kier molecular flexibility index (Phi) is 4.76. The van der Waals surface area contributed by atoms with Crippen molar-refractivity contribution in [3.63, 3.8) is 0 Å². The Labute approximate surface area is 95.7 Å². The van der Waals surface area contributed by atoms with E-state index in [1.165, 1.54) is 12.3 Å². The number of hydrogen-bond acceptors (Lipinski definition) is 3. The molecule has 0 aromatic carbocycles. The van der Waals surface area contributed by atoms with Gasteiger partial charge in [-0.2, -0.15) is 0 Å². The predicted molar refractivity (Wildman–Crippen MR) is 63.8 cm³/mol. The summed E-state index contributed by atoms with van der Waals surface area (Å²) < 4.78 is 0. The van der Waals surface area contributed by atoms with E-state index in [1.807, 2.05) is 0 Å². The number of aromatic nitrogens is 1. The van der Waals surface area contributed by atoms with E-state index in [1.54, 1.807) is 6.20 Å². The molecule has 0 aliphatic rings. The van der Waals surface area contributed by atoms with Crippen molar-refractivity contribution in [3.8, 4) is 0 Å². The Morgan fingerprint density at radius 1 is 1.50 bits per heavy atom. The van der Waals surface area contributed by atoms with Gasteiger partial charge in [-0.3, -0.25) is 4.98 Å². The highest BCUT2D eigenvalue weighted by molar-refractivity contribution is 5.93. The average molecular weight is 222 g/mol. The number of carboxylic acids is 1. The van der Waals surface area contributed by atoms with E-state index in [-0.39, 0.29) is 5.56 Å². The maximum atomic E-state index is 10.9. The summed E-state index contributed by atoms with van der Waals surface area (Å²) in [5, 5.41) is 12.1. The lowest BCUT2D eigenvalue weighted by Crippen LogP contribution is -2.15. The number of carbonyl (C=O) groups is 1. The quantitative estimate of drug-likeness (QED) is 0.776. The molecule has 0 saturated carbocycles. The van der Waals surface area contributed by atoms with Crippen LogP contribution in [0.25, 0.3) is 0 Å². The maximum absolute atomic E-state index is 10.9. The number of anilines is 1. The van der Waals surface area contributed by atoms with Gasteiger partial charge in [0.05, 0.1) is 17.4 Å². The number of nitrogens with zero attached hydrogens (tertiary/aromatic N) is 1. The lowest BCUT2D eigenvalue weighted by molar-refractivity contribution is 0.0698. The summed E-state index contributed by atoms with van der Waals surface area (Å²) >= 11 is 0. The van der Waals surface area contributed by atoms with E-state index in [0.29, 0.717) is 11.6 Å². The van der Waals surface area contributed by atoms with Gasteiger partial charge in [0.2, 0.25) is 0 Å². The zero-order valence-corrected chi connectivity index (χ0v) is 9.73. The Morgan fingerprint density at radius 2 is 2.19 bits per heavy atom. The second-order valence-corrected chi connectivity index (χ2v) is 3.79. The topological polar surface area (TPSA) is 62.2 Å². The Morgan fingerprint density at radius 3 is 2.75 bits per heavy atom. The molecule has 0 bridgehead atoms. The smallest absolute Gasteiger partial charge is 0.337 e. The van der Waals surface area contributed by atoms with Crippen LogP contribution in [0.2, 0.25) is 0 Å². The molecule has 0 fully saturated rings. The molecule has 1 rings (SSSR count). The molecule has 1 aromatic heterocycles. The average Bonchev–Trinajstić information content (AvgIpc) is 2.30. The molecule has 4 nitrogen and oxygen atoms in total. The second-order valence-electron chi connectivity index (χ2n) is 3.79. The molecule has 0 aliphatic heterocycles. The van der Waals surface area contributed by atoms with Crippen molar-refractivity contribution in [2.24, 2.45) is 5.92 Å². The first-order chi connectivity index (χ1) is 7.69. The van der Waals surface area contributed by atoms with Gasteiger partial charge in [-0.15, -0.1) is 0 Å². The van der Waals surface area contributed by atoms with Gasteiger partial charge in [0, 0.05) is 12.7 Å². The number of carboxylic acid groups (broad SMARTS) is 1. The molecular formula is C12H18N2O2. The van der Waals surface area contributed by atoms with Crippen molar-refractivity contribution in [2.45, 2.75) is 26.7 Å². The van der Waals surface area contributed by atoms with Gasteiger partial charge in [0.25, 0.3) is 0 Å². The van der Waals surface area contributed by atoms with Gasteiger partial charge in [0.1, 0.15) is 0 Å². The summed E-state index contributed by atoms with van der Waals surface area (Å²) in [6.07, 6.45) is 5.23. The molecule has 0 atom stereocenters. The molecule has 0 aliphatic carbocycles. The molecule has 0 radical (unpaired) electrons. The van der Waals surface area contributed by atoms with Gasteiger partial charge in [-0.1, -0.05) is 26.7 Å². The Balaban J connectivity index is 2.69. The molecule has 88 valence electrons. The first-order valence-corrected chi connectivity index (χ1v) is 5.60. The van der Waals surface area contributed by atoms with E-state index < -0.39 is 5.97 Å². The second kappa shape index (κ2) is 6.10. The largest absolute Gasteiger partial charge is 0.478 e. The Hall–Kier alpha value is -1.58. The van der Waals surface area contributed by atoms with E-state index in [9.17, 15) is 4.79 Å². The summed E-state index contributed by atoms with van der Waals surface area (Å²) in [7, 11) is 0. The number of pyridine rings is 1. The first-order valence-electron chi connectivity index (χ1n) is 5.60. The molecular weight excluding hydrogens is 204 g/mol. The van der Waals surface area contributed by atoms with Crippen LogP contribution in [0.5, 0.6) is 0 Å². The molecule has 1 heterocycles. The zero-order valence-electron chi connectivity index (χ0n) is 9.73. The summed E-state index contributed by atoms with van der Waals surface area (Å²) in [5.41, 5.74) is 0.878. The van der Waals surface area contributed by atoms with Crippen LogP contribution in [0.3, 0.4) is 0 Å². The fourth-order valence-electron chi connectivity index (χ4n) is 1.55. The SMILES string of the molecule is CCC(CC)CNc1cnccc1C(=O)O. The van der Waals surface area contributed by atoms with Gasteiger partial charge >= 0.3 is 5.97 Å². The fourth-order valence-corrected chi connectivity index (χ4v) is 1.55. The molecule has 0 saturated heterocycles. The number of rotatable bonds is 6. The predicted octanol–water partition coefficient (Wildman–Crippen LogP) is 2.63. The standard InChI is InChI=1S/C12H18N2O2/c1-3-9(4-2)7-14-11-8-13-6-5-10(11)12(15)16/h5-6,8-9,14H,3-4,7H2,1-2H3,(H,15,16). The molecule has 0 unspecified atom stereocenters. The third-order valence-corrected chi connectivity index (χ3v) is 2.79. The van der Waals surface area contributed by atoms with Gasteiger partial charge in [-0.05, 0) is 12.0 Å². The molecule has 16 heavy (non-hydrogen) atoms. The normalized spacial score (nSPS) is 10.4. The van der Waals surface area contributed by atoms with Crippen LogP contribution in [0.15, 0.2) is 18.5 Å². The minimum atomic E-state index is -0.922. The number of nitrogens with one attached hydrogen (secondary N) is 1. The van der Waals surface area contributed by atoms with Crippen LogP contribution in [0, 0.1) is 5.92 Å². The monoisotopic (exact) mass is 222 g/mol. The number of hydrogen-bond donors (Lipinski definition) is 2. The van der Waals surface area contributed by atoms with E-state index in [2.05, 4.69) is 24.1 Å². The molecule has 1 aromatic rings. The van der Waals surface area contributed by atoms with E-state index in [4.69, 9.17) is 5.11 Å². The van der Waals surface area contributed by atoms with Crippen LogP contribution in [-0.2, 0) is 0 Å². The third-order valence-electron chi connectivity index (χ3n) is 2.79. The van der Waals surface area contributed by atoms with E-state index >= 15 is 0 Å². The van der Waals surface area contributed by atoms with Crippen LogP contribution in [0.4, 0.5) is 5.69 Å². The van der Waals surface area contributed by atoms with Crippen molar-refractivity contribution >= 4 is 11.7 Å². The van der Waals surface area contributed by atoms with Crippen LogP contribution in [0.1, 0.15) is 37.0 Å². The van der Waals surface area contributed by atoms with Gasteiger partial charge < -0.3 is 10.4 Å². The summed E-state index contributed by atoms with van der Waals surface area (Å²) in [6.45, 7) is 5.06. The highest BCUT2D eigenvalue weighted by Crippen LogP contribution is 2.15. The van der Waals surface area contributed by atoms with Crippen molar-refractivity contribution in [1.29, 1.82) is 0 Å². The molecule has 0 spiro atoms. The number of aromatic carboxylic acids is 1. The zero-order chi connectivity index (χ0) is 12.0. The maximum Gasteiger partial charge on any atom is 0.337 e. The molecule has 2 N–H and O–H groups in total. The third kappa shape index (κ3) is 3.22. The van der Waals surface area contributed by atoms with Crippen molar-refractivity contribution in [1.82, 2.24) is 4.98 Å². The fraction of sp³-hybridized carbons (Fsp3) is 0.500. The highest BCUT2D eigenvalue weighted by Gasteiger charge is 2.10. The Bertz CT molecular complexity index is 349. The summed E-state index contributed by atoms with van der Waals surface area (Å²) in [5.74, 6) is -0.351. The molecule has 4 heteroatoms. The van der Waals surface area contributed by atoms with Gasteiger partial charge in [-0.25, -0.2) is 4.79 Å². The van der Waals surface area contributed by atoms with Crippen LogP contribution in [-0.4, -0.2) is 22.6 Å². The minimum absolute atomic E-state index is 0.279. The van der Waals surface area contributed by atoms with Crippen molar-refractivity contribution < 1.29 is 9.90 Å². The highest BCUT2D eigenvalue weighted by atomic mass is 16.4. The first kappa shape index (κ1) is 12.5. The lowest BCUT2D eigenvalue weighted by Gasteiger charge is -2.15. The van der Waals surface area contributed by atoms with E-state index in [0.717, 1.165) is 19.4 Å². The van der Waals surface area contributed by atoms with Crippen molar-refractivity contribution in [3.05, 3.63) is 24.0 Å². The summed E-state index contributed by atoms with van der Waals surface area (Å²) in [4.78, 5) is 14.9. The van der Waals surface area contributed by atoms with Crippen LogP contribution < -0.4 is 5.32 Å². The lowest BCUT2D eigenvalue weighted by atomic mass is 10.0. The molecule has 0 amide bonds. The summed E-state index contributed by atoms with van der Waals surface area (Å²) in [6, 6.07) is 1.51. The van der Waals surface area contributed by atoms with Crippen LogP contribution >= 0.6 is 0 Å². The minimum Gasteiger partial charge on any atom is -0.478 e. The van der Waals surface area contributed by atoms with Gasteiger partial charge in [0.15, 0.2) is 0 Å². The van der Waals surface area contributed by atoms with Crippen molar-refractivity contribution in [2.75, 3.05) is 11.9 Å².